The molecule has 1 aromatic heterocycles. The van der Waals surface area contributed by atoms with Gasteiger partial charge in [0.15, 0.2) is 6.10 Å². The van der Waals surface area contributed by atoms with Crippen molar-refractivity contribution in [3.05, 3.63) is 83.7 Å². The minimum absolute atomic E-state index is 0.0988. The first-order chi connectivity index (χ1) is 18.7. The smallest absolute Gasteiger partial charge is 0.410 e. The third-order valence-corrected chi connectivity index (χ3v) is 6.92. The van der Waals surface area contributed by atoms with E-state index in [1.54, 1.807) is 16.0 Å². The summed E-state index contributed by atoms with van der Waals surface area (Å²) in [5, 5.41) is 4.55. The number of rotatable bonds is 7. The molecule has 0 N–H and O–H groups in total. The van der Waals surface area contributed by atoms with Crippen LogP contribution < -0.4 is 4.90 Å². The number of amides is 2. The number of carbonyl (C=O) groups excluding carboxylic acids is 2. The molecular weight excluding hydrogens is 496 g/mol. The van der Waals surface area contributed by atoms with E-state index in [1.165, 1.54) is 0 Å². The van der Waals surface area contributed by atoms with Crippen molar-refractivity contribution in [1.82, 2.24) is 14.7 Å². The van der Waals surface area contributed by atoms with Gasteiger partial charge >= 0.3 is 6.09 Å². The Hall–Kier alpha value is -3.69. The molecule has 9 nitrogen and oxygen atoms in total. The van der Waals surface area contributed by atoms with Crippen LogP contribution in [0.4, 0.5) is 10.5 Å². The Balaban J connectivity index is 1.36. The quantitative estimate of drug-likeness (QED) is 0.444. The van der Waals surface area contributed by atoms with Crippen molar-refractivity contribution >= 4 is 17.7 Å². The summed E-state index contributed by atoms with van der Waals surface area (Å²) in [4.78, 5) is 30.1. The van der Waals surface area contributed by atoms with Gasteiger partial charge in [0.05, 0.1) is 56.5 Å². The molecule has 0 saturated carbocycles. The number of fused-ring (bicyclic) bond motifs is 1. The van der Waals surface area contributed by atoms with E-state index in [2.05, 4.69) is 5.10 Å². The van der Waals surface area contributed by atoms with Crippen LogP contribution in [0.25, 0.3) is 0 Å². The number of hydrogen-bond donors (Lipinski definition) is 0. The zero-order valence-corrected chi connectivity index (χ0v) is 22.9. The maximum absolute atomic E-state index is 13.8. The van der Waals surface area contributed by atoms with Crippen LogP contribution in [0, 0.1) is 0 Å². The lowest BCUT2D eigenvalue weighted by atomic mass is 10.2. The third-order valence-electron chi connectivity index (χ3n) is 6.92. The summed E-state index contributed by atoms with van der Waals surface area (Å²) in [6.07, 6.45) is 0.0801. The van der Waals surface area contributed by atoms with Crippen LogP contribution in [-0.2, 0) is 45.3 Å². The topological polar surface area (TPSA) is 86.1 Å². The first-order valence-electron chi connectivity index (χ1n) is 13.4. The molecule has 0 unspecified atom stereocenters. The van der Waals surface area contributed by atoms with E-state index in [4.69, 9.17) is 14.2 Å². The molecule has 2 amide bonds. The largest absolute Gasteiger partial charge is 0.444 e. The summed E-state index contributed by atoms with van der Waals surface area (Å²) >= 11 is 0. The molecule has 1 fully saturated rings. The molecular formula is C30H36N4O5. The molecule has 1 saturated heterocycles. The molecule has 2 aromatic carbocycles. The lowest BCUT2D eigenvalue weighted by molar-refractivity contribution is -0.135. The summed E-state index contributed by atoms with van der Waals surface area (Å²) in [5.74, 6) is -0.178. The SMILES string of the molecule is C[C@H]1Cn2ncc(N3C[C@@H](OCc4ccccc4)[C@H](OCc4ccccc4)C3=O)c2CN1C(=O)OC(C)(C)C. The number of benzene rings is 2. The molecule has 2 aliphatic rings. The minimum Gasteiger partial charge on any atom is -0.444 e. The van der Waals surface area contributed by atoms with Gasteiger partial charge in [0.25, 0.3) is 5.91 Å². The first-order valence-corrected chi connectivity index (χ1v) is 13.4. The van der Waals surface area contributed by atoms with Crippen LogP contribution in [0.2, 0.25) is 0 Å². The van der Waals surface area contributed by atoms with Gasteiger partial charge in [-0.2, -0.15) is 5.10 Å². The minimum atomic E-state index is -0.769. The van der Waals surface area contributed by atoms with Crippen LogP contribution >= 0.6 is 0 Å². The monoisotopic (exact) mass is 532 g/mol. The van der Waals surface area contributed by atoms with Gasteiger partial charge in [0.2, 0.25) is 0 Å². The second kappa shape index (κ2) is 11.2. The average Bonchev–Trinajstić information content (AvgIpc) is 3.45. The van der Waals surface area contributed by atoms with Gasteiger partial charge in [0, 0.05) is 0 Å². The third kappa shape index (κ3) is 6.15. The maximum atomic E-state index is 13.8. The molecule has 2 aliphatic heterocycles. The van der Waals surface area contributed by atoms with Crippen molar-refractivity contribution in [2.24, 2.45) is 0 Å². The van der Waals surface area contributed by atoms with Crippen LogP contribution in [0.15, 0.2) is 66.9 Å². The highest BCUT2D eigenvalue weighted by atomic mass is 16.6. The van der Waals surface area contributed by atoms with Gasteiger partial charge in [-0.1, -0.05) is 60.7 Å². The summed E-state index contributed by atoms with van der Waals surface area (Å²) in [6.45, 7) is 9.32. The highest BCUT2D eigenvalue weighted by Crippen LogP contribution is 2.33. The summed E-state index contributed by atoms with van der Waals surface area (Å²) in [5.41, 5.74) is 2.86. The van der Waals surface area contributed by atoms with E-state index in [-0.39, 0.29) is 18.0 Å². The van der Waals surface area contributed by atoms with E-state index in [0.717, 1.165) is 16.8 Å². The van der Waals surface area contributed by atoms with Crippen molar-refractivity contribution in [2.75, 3.05) is 11.4 Å². The summed E-state index contributed by atoms with van der Waals surface area (Å²) in [6, 6.07) is 19.6. The Morgan fingerprint density at radius 1 is 0.949 bits per heavy atom. The molecule has 3 aromatic rings. The fourth-order valence-electron chi connectivity index (χ4n) is 4.93. The Labute approximate surface area is 229 Å². The lowest BCUT2D eigenvalue weighted by Gasteiger charge is -2.36. The van der Waals surface area contributed by atoms with Crippen molar-refractivity contribution in [1.29, 1.82) is 0 Å². The Morgan fingerprint density at radius 2 is 1.56 bits per heavy atom. The molecule has 0 radical (unpaired) electrons. The number of anilines is 1. The molecule has 0 aliphatic carbocycles. The van der Waals surface area contributed by atoms with Gasteiger partial charge in [-0.05, 0) is 38.8 Å². The summed E-state index contributed by atoms with van der Waals surface area (Å²) in [7, 11) is 0. The van der Waals surface area contributed by atoms with Crippen molar-refractivity contribution in [3.8, 4) is 0 Å². The highest BCUT2D eigenvalue weighted by Gasteiger charge is 2.45. The first kappa shape index (κ1) is 26.9. The van der Waals surface area contributed by atoms with Crippen molar-refractivity contribution in [2.45, 2.75) is 77.8 Å². The number of hydrogen-bond acceptors (Lipinski definition) is 6. The molecule has 206 valence electrons. The molecule has 9 heteroatoms. The average molecular weight is 533 g/mol. The predicted octanol–water partition coefficient (Wildman–Crippen LogP) is 4.54. The fraction of sp³-hybridized carbons (Fsp3) is 0.433. The van der Waals surface area contributed by atoms with Gasteiger partial charge in [-0.15, -0.1) is 0 Å². The Kier molecular flexibility index (Phi) is 7.72. The zero-order valence-electron chi connectivity index (χ0n) is 22.9. The Morgan fingerprint density at radius 3 is 2.18 bits per heavy atom. The van der Waals surface area contributed by atoms with Crippen molar-refractivity contribution < 1.29 is 23.8 Å². The van der Waals surface area contributed by atoms with Gasteiger partial charge in [0.1, 0.15) is 11.7 Å². The molecule has 3 heterocycles. The van der Waals surface area contributed by atoms with Gasteiger partial charge in [-0.25, -0.2) is 4.79 Å². The molecule has 5 rings (SSSR count). The number of carbonyl (C=O) groups is 2. The predicted molar refractivity (Wildman–Crippen MR) is 146 cm³/mol. The van der Waals surface area contributed by atoms with Gasteiger partial charge < -0.3 is 19.1 Å². The zero-order chi connectivity index (χ0) is 27.6. The highest BCUT2D eigenvalue weighted by molar-refractivity contribution is 6.00. The second-order valence-corrected chi connectivity index (χ2v) is 11.1. The summed E-state index contributed by atoms with van der Waals surface area (Å²) < 4.78 is 20.0. The standard InChI is InChI=1S/C30H36N4O5/c1-21-16-34-25(17-32(21)29(36)39-30(2,3)4)24(15-31-34)33-18-26(37-19-22-11-7-5-8-12-22)27(28(33)35)38-20-23-13-9-6-10-14-23/h5-15,21,26-27H,16-20H2,1-4H3/t21-,26+,27-/m0/s1. The van der Waals surface area contributed by atoms with E-state index in [0.29, 0.717) is 38.5 Å². The van der Waals surface area contributed by atoms with Crippen molar-refractivity contribution in [3.63, 3.8) is 0 Å². The van der Waals surface area contributed by atoms with E-state index in [9.17, 15) is 9.59 Å². The Bertz CT molecular complexity index is 1290. The number of ether oxygens (including phenoxy) is 3. The lowest BCUT2D eigenvalue weighted by Crippen LogP contribution is -2.47. The van der Waals surface area contributed by atoms with Crippen LogP contribution in [0.5, 0.6) is 0 Å². The molecule has 0 spiro atoms. The van der Waals surface area contributed by atoms with Gasteiger partial charge in [-0.3, -0.25) is 14.4 Å². The second-order valence-electron chi connectivity index (χ2n) is 11.1. The van der Waals surface area contributed by atoms with Crippen LogP contribution in [0.1, 0.15) is 44.5 Å². The molecule has 3 atom stereocenters. The molecule has 0 bridgehead atoms. The molecule has 39 heavy (non-hydrogen) atoms. The van der Waals surface area contributed by atoms with E-state index in [1.807, 2.05) is 93.0 Å². The number of aromatic nitrogens is 2. The van der Waals surface area contributed by atoms with E-state index >= 15 is 0 Å². The van der Waals surface area contributed by atoms with Crippen LogP contribution in [-0.4, -0.2) is 57.1 Å². The number of nitrogens with zero attached hydrogens (tertiary/aromatic N) is 4. The van der Waals surface area contributed by atoms with E-state index < -0.39 is 17.8 Å². The van der Waals surface area contributed by atoms with Crippen LogP contribution in [0.3, 0.4) is 0 Å². The fourth-order valence-corrected chi connectivity index (χ4v) is 4.93. The normalized spacial score (nSPS) is 21.2. The maximum Gasteiger partial charge on any atom is 0.410 e.